The normalized spacial score (nSPS) is 24.3. The molecule has 3 heteroatoms. The van der Waals surface area contributed by atoms with E-state index in [2.05, 4.69) is 29.8 Å². The monoisotopic (exact) mass is 255 g/mol. The first kappa shape index (κ1) is 15.9. The molecule has 1 fully saturated rings. The van der Waals surface area contributed by atoms with Crippen molar-refractivity contribution in [2.24, 2.45) is 0 Å². The van der Waals surface area contributed by atoms with Crippen molar-refractivity contribution >= 4 is 0 Å². The summed E-state index contributed by atoms with van der Waals surface area (Å²) in [4.78, 5) is 0. The molecule has 0 amide bonds. The zero-order valence-corrected chi connectivity index (χ0v) is 12.4. The van der Waals surface area contributed by atoms with Gasteiger partial charge in [-0.25, -0.2) is 0 Å². The Bertz CT molecular complexity index is 177. The molecular formula is C15H33N3. The molecule has 0 aromatic heterocycles. The van der Waals surface area contributed by atoms with Crippen LogP contribution < -0.4 is 16.0 Å². The summed E-state index contributed by atoms with van der Waals surface area (Å²) in [6, 6.07) is 1.56. The number of unbranched alkanes of at least 4 members (excludes halogenated alkanes) is 1. The fourth-order valence-electron chi connectivity index (χ4n) is 2.68. The maximum Gasteiger partial charge on any atom is 0.00682 e. The van der Waals surface area contributed by atoms with E-state index in [9.17, 15) is 0 Å². The molecule has 1 aliphatic rings. The predicted octanol–water partition coefficient (Wildman–Crippen LogP) is 2.28. The first-order valence-corrected chi connectivity index (χ1v) is 8.04. The molecule has 0 radical (unpaired) electrons. The molecule has 0 unspecified atom stereocenters. The van der Waals surface area contributed by atoms with E-state index in [1.54, 1.807) is 0 Å². The number of hydrogen-bond acceptors (Lipinski definition) is 3. The summed E-state index contributed by atoms with van der Waals surface area (Å²) in [7, 11) is 0. The van der Waals surface area contributed by atoms with Crippen LogP contribution in [-0.4, -0.2) is 38.3 Å². The highest BCUT2D eigenvalue weighted by molar-refractivity contribution is 4.80. The molecule has 1 rings (SSSR count). The van der Waals surface area contributed by atoms with E-state index >= 15 is 0 Å². The molecule has 0 atom stereocenters. The van der Waals surface area contributed by atoms with Gasteiger partial charge in [-0.3, -0.25) is 0 Å². The summed E-state index contributed by atoms with van der Waals surface area (Å²) in [5.74, 6) is 0. The molecule has 3 N–H and O–H groups in total. The molecule has 0 spiro atoms. The summed E-state index contributed by atoms with van der Waals surface area (Å²) >= 11 is 0. The van der Waals surface area contributed by atoms with Crippen molar-refractivity contribution in [3.05, 3.63) is 0 Å². The third-order valence-electron chi connectivity index (χ3n) is 3.90. The Morgan fingerprint density at radius 1 is 0.778 bits per heavy atom. The zero-order valence-electron chi connectivity index (χ0n) is 12.4. The molecule has 0 aromatic rings. The van der Waals surface area contributed by atoms with Crippen LogP contribution >= 0.6 is 0 Å². The second-order valence-electron chi connectivity index (χ2n) is 5.52. The lowest BCUT2D eigenvalue weighted by molar-refractivity contribution is 0.306. The van der Waals surface area contributed by atoms with Crippen LogP contribution in [0.15, 0.2) is 0 Å². The largest absolute Gasteiger partial charge is 0.317 e. The van der Waals surface area contributed by atoms with Crippen LogP contribution in [0.1, 0.15) is 58.8 Å². The zero-order chi connectivity index (χ0) is 13.1. The third kappa shape index (κ3) is 7.34. The molecule has 0 bridgehead atoms. The van der Waals surface area contributed by atoms with E-state index in [-0.39, 0.29) is 0 Å². The molecule has 1 aliphatic carbocycles. The minimum atomic E-state index is 0.774. The van der Waals surface area contributed by atoms with Gasteiger partial charge in [-0.15, -0.1) is 0 Å². The average Bonchev–Trinajstić information content (AvgIpc) is 2.40. The second-order valence-corrected chi connectivity index (χ2v) is 5.52. The Hall–Kier alpha value is -0.120. The molecule has 0 heterocycles. The van der Waals surface area contributed by atoms with E-state index < -0.39 is 0 Å². The summed E-state index contributed by atoms with van der Waals surface area (Å²) in [6.45, 7) is 9.05. The fourth-order valence-corrected chi connectivity index (χ4v) is 2.68. The Labute approximate surface area is 113 Å². The van der Waals surface area contributed by atoms with Crippen molar-refractivity contribution in [3.63, 3.8) is 0 Å². The van der Waals surface area contributed by atoms with Gasteiger partial charge in [0.2, 0.25) is 0 Å². The predicted molar refractivity (Wildman–Crippen MR) is 80.1 cm³/mol. The quantitative estimate of drug-likeness (QED) is 0.524. The van der Waals surface area contributed by atoms with Gasteiger partial charge in [0.1, 0.15) is 0 Å². The molecule has 18 heavy (non-hydrogen) atoms. The highest BCUT2D eigenvalue weighted by Gasteiger charge is 2.19. The van der Waals surface area contributed by atoms with Crippen LogP contribution in [0.3, 0.4) is 0 Å². The molecule has 3 nitrogen and oxygen atoms in total. The number of rotatable bonds is 10. The Morgan fingerprint density at radius 2 is 1.33 bits per heavy atom. The summed E-state index contributed by atoms with van der Waals surface area (Å²) < 4.78 is 0. The smallest absolute Gasteiger partial charge is 0.00682 e. The maximum absolute atomic E-state index is 3.70. The van der Waals surface area contributed by atoms with Gasteiger partial charge in [-0.1, -0.05) is 20.3 Å². The Morgan fingerprint density at radius 3 is 1.83 bits per heavy atom. The van der Waals surface area contributed by atoms with Crippen LogP contribution in [0, 0.1) is 0 Å². The second kappa shape index (κ2) is 10.8. The van der Waals surface area contributed by atoms with Gasteiger partial charge in [-0.05, 0) is 64.7 Å². The molecule has 108 valence electrons. The van der Waals surface area contributed by atoms with Crippen LogP contribution in [0.5, 0.6) is 0 Å². The van der Waals surface area contributed by atoms with Crippen molar-refractivity contribution in [1.82, 2.24) is 16.0 Å². The maximum atomic E-state index is 3.70. The summed E-state index contributed by atoms with van der Waals surface area (Å²) in [5.41, 5.74) is 0. The standard InChI is InChI=1S/C15H33N3/c1-3-5-12-17-14-7-9-15(10-8-14)18-13-6-11-16-4-2/h14-18H,3-13H2,1-2H3. The summed E-state index contributed by atoms with van der Waals surface area (Å²) in [5, 5.41) is 10.8. The lowest BCUT2D eigenvalue weighted by Crippen LogP contribution is -2.40. The Balaban J connectivity index is 1.94. The van der Waals surface area contributed by atoms with E-state index in [1.807, 2.05) is 0 Å². The minimum Gasteiger partial charge on any atom is -0.317 e. The van der Waals surface area contributed by atoms with Gasteiger partial charge in [0.25, 0.3) is 0 Å². The SMILES string of the molecule is CCCCNC1CCC(NCCCNCC)CC1. The fraction of sp³-hybridized carbons (Fsp3) is 1.00. The van der Waals surface area contributed by atoms with Crippen molar-refractivity contribution in [2.45, 2.75) is 70.9 Å². The van der Waals surface area contributed by atoms with Gasteiger partial charge in [-0.2, -0.15) is 0 Å². The van der Waals surface area contributed by atoms with E-state index in [4.69, 9.17) is 0 Å². The van der Waals surface area contributed by atoms with Crippen molar-refractivity contribution in [2.75, 3.05) is 26.2 Å². The van der Waals surface area contributed by atoms with Gasteiger partial charge < -0.3 is 16.0 Å². The van der Waals surface area contributed by atoms with Crippen LogP contribution in [-0.2, 0) is 0 Å². The average molecular weight is 255 g/mol. The lowest BCUT2D eigenvalue weighted by Gasteiger charge is -2.30. The molecule has 0 aromatic carbocycles. The van der Waals surface area contributed by atoms with E-state index in [1.165, 1.54) is 58.0 Å². The number of nitrogens with one attached hydrogen (secondary N) is 3. The van der Waals surface area contributed by atoms with Gasteiger partial charge in [0, 0.05) is 12.1 Å². The van der Waals surface area contributed by atoms with Crippen molar-refractivity contribution in [3.8, 4) is 0 Å². The number of hydrogen-bond donors (Lipinski definition) is 3. The molecule has 1 saturated carbocycles. The van der Waals surface area contributed by atoms with Crippen molar-refractivity contribution < 1.29 is 0 Å². The summed E-state index contributed by atoms with van der Waals surface area (Å²) in [6.07, 6.45) is 9.29. The van der Waals surface area contributed by atoms with Crippen molar-refractivity contribution in [1.29, 1.82) is 0 Å². The molecule has 0 aliphatic heterocycles. The highest BCUT2D eigenvalue weighted by atomic mass is 14.9. The highest BCUT2D eigenvalue weighted by Crippen LogP contribution is 2.18. The van der Waals surface area contributed by atoms with Gasteiger partial charge in [0.15, 0.2) is 0 Å². The molecule has 0 saturated heterocycles. The van der Waals surface area contributed by atoms with E-state index in [0.29, 0.717) is 0 Å². The van der Waals surface area contributed by atoms with Crippen LogP contribution in [0.4, 0.5) is 0 Å². The van der Waals surface area contributed by atoms with Crippen LogP contribution in [0.2, 0.25) is 0 Å². The van der Waals surface area contributed by atoms with Gasteiger partial charge >= 0.3 is 0 Å². The molecular weight excluding hydrogens is 222 g/mol. The van der Waals surface area contributed by atoms with Crippen LogP contribution in [0.25, 0.3) is 0 Å². The topological polar surface area (TPSA) is 36.1 Å². The first-order chi connectivity index (χ1) is 8.86. The first-order valence-electron chi connectivity index (χ1n) is 8.04. The van der Waals surface area contributed by atoms with E-state index in [0.717, 1.165) is 25.2 Å². The van der Waals surface area contributed by atoms with Gasteiger partial charge in [0.05, 0.1) is 0 Å². The third-order valence-corrected chi connectivity index (χ3v) is 3.90. The lowest BCUT2D eigenvalue weighted by atomic mass is 9.91. The Kier molecular flexibility index (Phi) is 9.54. The minimum absolute atomic E-state index is 0.774.